The first-order chi connectivity index (χ1) is 40.3. The highest BCUT2D eigenvalue weighted by molar-refractivity contribution is 5.90. The number of rotatable bonds is 71. The highest BCUT2D eigenvalue weighted by Gasteiger charge is 2.43. The Hall–Kier alpha value is -1.32. The molecule has 0 aliphatic heterocycles. The van der Waals surface area contributed by atoms with Gasteiger partial charge in [0.05, 0.1) is 0 Å². The Morgan fingerprint density at radius 1 is 0.280 bits per heavy atom. The van der Waals surface area contributed by atoms with Crippen LogP contribution in [0.4, 0.5) is 0 Å². The molecule has 0 heterocycles. The molecule has 4 nitrogen and oxygen atoms in total. The SMILES string of the molecule is CCCCCCCCCCCCCCCCCCCCCCCCCCCCCCCCCC(OC(=O)C=CC(=O)O)(C(C)CCCCCCCCCCCCCCCCCC)C(C)CCCCCCCCCCCCCCCCCC. The van der Waals surface area contributed by atoms with Gasteiger partial charge in [-0.25, -0.2) is 9.59 Å². The van der Waals surface area contributed by atoms with Crippen molar-refractivity contribution >= 4 is 11.9 Å². The largest absolute Gasteiger partial charge is 0.478 e. The van der Waals surface area contributed by atoms with Gasteiger partial charge >= 0.3 is 11.9 Å². The van der Waals surface area contributed by atoms with Crippen LogP contribution in [0.15, 0.2) is 12.2 Å². The smallest absolute Gasteiger partial charge is 0.331 e. The van der Waals surface area contributed by atoms with E-state index in [9.17, 15) is 14.7 Å². The van der Waals surface area contributed by atoms with Gasteiger partial charge in [-0.2, -0.15) is 0 Å². The fourth-order valence-corrected chi connectivity index (χ4v) is 13.7. The van der Waals surface area contributed by atoms with Gasteiger partial charge in [-0.05, 0) is 37.5 Å². The van der Waals surface area contributed by atoms with Gasteiger partial charge < -0.3 is 9.84 Å². The summed E-state index contributed by atoms with van der Waals surface area (Å²) in [5.74, 6) is -1.08. The monoisotopic (exact) mass is 1150 g/mol. The summed E-state index contributed by atoms with van der Waals surface area (Å²) in [6.45, 7) is 11.6. The lowest BCUT2D eigenvalue weighted by Gasteiger charge is -2.44. The van der Waals surface area contributed by atoms with E-state index in [4.69, 9.17) is 4.74 Å². The lowest BCUT2D eigenvalue weighted by atomic mass is 9.71. The average Bonchev–Trinajstić information content (AvgIpc) is 3.64. The highest BCUT2D eigenvalue weighted by Crippen LogP contribution is 2.42. The van der Waals surface area contributed by atoms with Crippen LogP contribution in [-0.4, -0.2) is 22.6 Å². The number of carboxylic acid groups (broad SMARTS) is 1. The molecule has 0 rings (SSSR count). The van der Waals surface area contributed by atoms with Crippen molar-refractivity contribution in [1.82, 2.24) is 0 Å². The number of carbonyl (C=O) groups is 2. The van der Waals surface area contributed by atoms with Crippen LogP contribution in [0, 0.1) is 11.8 Å². The fraction of sp³-hybridized carbons (Fsp3) is 0.949. The van der Waals surface area contributed by atoms with E-state index >= 15 is 0 Å². The number of aliphatic carboxylic acids is 1. The Balaban J connectivity index is 4.71. The summed E-state index contributed by atoms with van der Waals surface area (Å²) in [7, 11) is 0. The van der Waals surface area contributed by atoms with E-state index in [1.54, 1.807) is 0 Å². The maximum atomic E-state index is 13.5. The molecular weight excluding hydrogens is 1000 g/mol. The van der Waals surface area contributed by atoms with E-state index in [1.165, 1.54) is 404 Å². The maximum Gasteiger partial charge on any atom is 0.331 e. The molecule has 82 heavy (non-hydrogen) atoms. The minimum Gasteiger partial charge on any atom is -0.478 e. The van der Waals surface area contributed by atoms with Crippen LogP contribution < -0.4 is 0 Å². The second-order valence-electron chi connectivity index (χ2n) is 27.4. The summed E-state index contributed by atoms with van der Waals surface area (Å²) in [6, 6.07) is 0. The van der Waals surface area contributed by atoms with Crippen molar-refractivity contribution < 1.29 is 19.4 Å². The second-order valence-corrected chi connectivity index (χ2v) is 27.4. The van der Waals surface area contributed by atoms with Gasteiger partial charge in [0.15, 0.2) is 0 Å². The van der Waals surface area contributed by atoms with E-state index in [2.05, 4.69) is 34.6 Å². The number of carboxylic acids is 1. The first-order valence-corrected chi connectivity index (χ1v) is 38.5. The standard InChI is InChI=1S/C78H152O4/c1-6-9-12-15-18-21-24-27-30-33-34-35-36-37-38-39-40-41-42-43-44-45-46-47-50-53-56-59-62-65-68-73-78(82-77(81)72-71-76(79)80,74(4)69-66-63-60-57-54-51-48-31-28-25-22-19-16-13-10-7-2)75(5)70-67-64-61-58-55-52-49-32-29-26-23-20-17-14-11-8-3/h71-72,74-75H,6-70,73H2,1-5H3,(H,79,80). The van der Waals surface area contributed by atoms with E-state index in [0.29, 0.717) is 0 Å². The van der Waals surface area contributed by atoms with E-state index in [0.717, 1.165) is 31.8 Å². The van der Waals surface area contributed by atoms with Gasteiger partial charge in [0.25, 0.3) is 0 Å². The summed E-state index contributed by atoms with van der Waals surface area (Å²) in [5.41, 5.74) is -0.559. The first-order valence-electron chi connectivity index (χ1n) is 38.5. The number of carbonyl (C=O) groups excluding carboxylic acids is 1. The van der Waals surface area contributed by atoms with Crippen molar-refractivity contribution in [2.45, 2.75) is 464 Å². The molecule has 0 aliphatic rings. The molecule has 488 valence electrons. The summed E-state index contributed by atoms with van der Waals surface area (Å²) in [5, 5.41) is 9.43. The topological polar surface area (TPSA) is 63.6 Å². The molecule has 0 fully saturated rings. The van der Waals surface area contributed by atoms with Crippen molar-refractivity contribution in [1.29, 1.82) is 0 Å². The van der Waals surface area contributed by atoms with Gasteiger partial charge in [0, 0.05) is 12.2 Å². The van der Waals surface area contributed by atoms with Crippen molar-refractivity contribution in [2.24, 2.45) is 11.8 Å². The van der Waals surface area contributed by atoms with Gasteiger partial charge in [-0.15, -0.1) is 0 Å². The Kier molecular flexibility index (Phi) is 66.1. The Morgan fingerprint density at radius 2 is 0.451 bits per heavy atom. The Labute approximate surface area is 516 Å². The van der Waals surface area contributed by atoms with E-state index in [1.807, 2.05) is 0 Å². The lowest BCUT2D eigenvalue weighted by molar-refractivity contribution is -0.171. The number of hydrogen-bond donors (Lipinski definition) is 1. The quantitative estimate of drug-likeness (QED) is 0.0374. The number of unbranched alkanes of at least 4 members (excludes halogenated alkanes) is 60. The summed E-state index contributed by atoms with van der Waals surface area (Å²) < 4.78 is 6.65. The summed E-state index contributed by atoms with van der Waals surface area (Å²) >= 11 is 0. The van der Waals surface area contributed by atoms with Crippen LogP contribution in [0.2, 0.25) is 0 Å². The average molecular weight is 1150 g/mol. The fourth-order valence-electron chi connectivity index (χ4n) is 13.7. The second kappa shape index (κ2) is 67.2. The summed E-state index contributed by atoms with van der Waals surface area (Å²) in [6.07, 6.45) is 92.7. The minimum absolute atomic E-state index is 0.242. The maximum absolute atomic E-state index is 13.5. The van der Waals surface area contributed by atoms with Crippen LogP contribution in [0.3, 0.4) is 0 Å². The summed E-state index contributed by atoms with van der Waals surface area (Å²) in [4.78, 5) is 25.0. The molecule has 1 N–H and O–H groups in total. The molecule has 0 aromatic rings. The zero-order valence-corrected chi connectivity index (χ0v) is 57.2. The van der Waals surface area contributed by atoms with Crippen LogP contribution in [0.25, 0.3) is 0 Å². The Morgan fingerprint density at radius 3 is 0.634 bits per heavy atom. The molecule has 4 heteroatoms. The molecule has 0 radical (unpaired) electrons. The molecule has 0 bridgehead atoms. The number of hydrogen-bond acceptors (Lipinski definition) is 3. The van der Waals surface area contributed by atoms with Crippen LogP contribution in [-0.2, 0) is 14.3 Å². The van der Waals surface area contributed by atoms with Crippen LogP contribution in [0.1, 0.15) is 458 Å². The normalized spacial score (nSPS) is 13.3. The lowest BCUT2D eigenvalue weighted by Crippen LogP contribution is -2.47. The van der Waals surface area contributed by atoms with Crippen molar-refractivity contribution in [3.63, 3.8) is 0 Å². The third kappa shape index (κ3) is 57.7. The third-order valence-corrected chi connectivity index (χ3v) is 19.5. The van der Waals surface area contributed by atoms with E-state index < -0.39 is 17.5 Å². The Bertz CT molecular complexity index is 1230. The highest BCUT2D eigenvalue weighted by atomic mass is 16.6. The molecular formula is C78H152O4. The molecule has 0 aromatic heterocycles. The van der Waals surface area contributed by atoms with Gasteiger partial charge in [-0.3, -0.25) is 0 Å². The van der Waals surface area contributed by atoms with Crippen LogP contribution >= 0.6 is 0 Å². The third-order valence-electron chi connectivity index (χ3n) is 19.5. The molecule has 2 unspecified atom stereocenters. The van der Waals surface area contributed by atoms with Crippen molar-refractivity contribution in [2.75, 3.05) is 0 Å². The van der Waals surface area contributed by atoms with Gasteiger partial charge in [0.1, 0.15) is 5.60 Å². The van der Waals surface area contributed by atoms with Gasteiger partial charge in [-0.1, -0.05) is 433 Å². The predicted octanol–water partition coefficient (Wildman–Crippen LogP) is 28.0. The number of ether oxygens (including phenoxy) is 1. The minimum atomic E-state index is -1.09. The molecule has 0 saturated carbocycles. The van der Waals surface area contributed by atoms with Crippen LogP contribution in [0.5, 0.6) is 0 Å². The van der Waals surface area contributed by atoms with Crippen molar-refractivity contribution in [3.05, 3.63) is 12.2 Å². The zero-order chi connectivity index (χ0) is 59.6. The van der Waals surface area contributed by atoms with Gasteiger partial charge in [0.2, 0.25) is 0 Å². The molecule has 0 spiro atoms. The number of esters is 1. The predicted molar refractivity (Wildman–Crippen MR) is 366 cm³/mol. The molecule has 0 amide bonds. The first kappa shape index (κ1) is 80.7. The molecule has 0 aromatic carbocycles. The van der Waals surface area contributed by atoms with E-state index in [-0.39, 0.29) is 11.8 Å². The molecule has 2 atom stereocenters. The van der Waals surface area contributed by atoms with Crippen molar-refractivity contribution in [3.8, 4) is 0 Å². The molecule has 0 saturated heterocycles. The zero-order valence-electron chi connectivity index (χ0n) is 57.2. The molecule has 0 aliphatic carbocycles.